The van der Waals surface area contributed by atoms with Gasteiger partial charge in [-0.05, 0) is 49.5 Å². The van der Waals surface area contributed by atoms with Crippen LogP contribution in [0, 0.1) is 22.7 Å². The van der Waals surface area contributed by atoms with Gasteiger partial charge >= 0.3 is 0 Å². The summed E-state index contributed by atoms with van der Waals surface area (Å²) >= 11 is 0. The Bertz CT molecular complexity index is 582. The minimum Gasteiger partial charge on any atom is -0.390 e. The molecule has 128 valence electrons. The normalized spacial score (nSPS) is 55.4. The van der Waals surface area contributed by atoms with Gasteiger partial charge in [0.1, 0.15) is 0 Å². The smallest absolute Gasteiger partial charge is 0.0858 e. The van der Waals surface area contributed by atoms with Crippen molar-refractivity contribution in [1.82, 2.24) is 0 Å². The summed E-state index contributed by atoms with van der Waals surface area (Å²) in [5, 5.41) is 41.5. The highest BCUT2D eigenvalue weighted by atomic mass is 16.3. The molecular weight excluding hydrogens is 292 g/mol. The molecule has 4 rings (SSSR count). The molecule has 0 heterocycles. The van der Waals surface area contributed by atoms with E-state index in [1.165, 1.54) is 5.57 Å². The maximum Gasteiger partial charge on any atom is 0.0858 e. The van der Waals surface area contributed by atoms with Gasteiger partial charge in [-0.1, -0.05) is 31.6 Å². The first-order valence-electron chi connectivity index (χ1n) is 8.92. The molecule has 4 heteroatoms. The number of rotatable bonds is 0. The minimum absolute atomic E-state index is 0.0595. The molecule has 4 N–H and O–H groups in total. The molecule has 0 spiro atoms. The molecule has 1 saturated carbocycles. The molecule has 0 amide bonds. The van der Waals surface area contributed by atoms with E-state index in [9.17, 15) is 20.4 Å². The van der Waals surface area contributed by atoms with Gasteiger partial charge < -0.3 is 20.4 Å². The van der Waals surface area contributed by atoms with E-state index in [1.54, 1.807) is 0 Å². The van der Waals surface area contributed by atoms with Gasteiger partial charge in [0, 0.05) is 10.8 Å². The summed E-state index contributed by atoms with van der Waals surface area (Å²) in [6.45, 7) is 4.29. The van der Waals surface area contributed by atoms with E-state index >= 15 is 0 Å². The second-order valence-electron chi connectivity index (χ2n) is 8.63. The van der Waals surface area contributed by atoms with Crippen LogP contribution in [0.3, 0.4) is 0 Å². The zero-order valence-corrected chi connectivity index (χ0v) is 13.9. The second-order valence-corrected chi connectivity index (χ2v) is 8.63. The Morgan fingerprint density at radius 2 is 1.78 bits per heavy atom. The van der Waals surface area contributed by atoms with Crippen molar-refractivity contribution in [2.75, 3.05) is 0 Å². The second kappa shape index (κ2) is 4.92. The van der Waals surface area contributed by atoms with Crippen LogP contribution in [-0.2, 0) is 0 Å². The Morgan fingerprint density at radius 1 is 1.04 bits per heavy atom. The van der Waals surface area contributed by atoms with E-state index in [-0.39, 0.29) is 22.7 Å². The van der Waals surface area contributed by atoms with Gasteiger partial charge in [0.15, 0.2) is 0 Å². The van der Waals surface area contributed by atoms with Crippen LogP contribution in [0.15, 0.2) is 23.3 Å². The molecule has 1 unspecified atom stereocenters. The highest BCUT2D eigenvalue weighted by Crippen LogP contribution is 2.62. The number of hydrogen-bond acceptors (Lipinski definition) is 4. The van der Waals surface area contributed by atoms with Gasteiger partial charge in [-0.25, -0.2) is 0 Å². The molecule has 0 aromatic carbocycles. The Hall–Kier alpha value is -0.680. The third kappa shape index (κ3) is 1.98. The molecule has 4 aliphatic rings. The number of fused-ring (bicyclic) bond motifs is 4. The standard InChI is InChI=1S/C19H28O4/c1-18-5-3-11(20)7-10(18)8-14(21)16-12(18)4-6-19(2)13(16)9-15(22)17(19)23/h3,5,10-11,13-15,17,20-23H,4,6-9H2,1-2H3/t10-,11+,13?,14+,15-,17+,18+,19+/m1/s1. The Balaban J connectivity index is 1.83. The third-order valence-corrected chi connectivity index (χ3v) is 7.51. The summed E-state index contributed by atoms with van der Waals surface area (Å²) in [5.74, 6) is 0.320. The number of aliphatic hydroxyl groups excluding tert-OH is 4. The lowest BCUT2D eigenvalue weighted by Gasteiger charge is -2.53. The van der Waals surface area contributed by atoms with Gasteiger partial charge in [0.2, 0.25) is 0 Å². The van der Waals surface area contributed by atoms with Crippen molar-refractivity contribution in [2.45, 2.75) is 70.4 Å². The van der Waals surface area contributed by atoms with Gasteiger partial charge in [-0.15, -0.1) is 0 Å². The van der Waals surface area contributed by atoms with Gasteiger partial charge in [-0.2, -0.15) is 0 Å². The SMILES string of the molecule is C[C@]12CCC3=C(C1C[C@@H](O)[C@@H]2O)[C@@H](O)C[C@H]1C[C@@H](O)C=C[C@]31C. The van der Waals surface area contributed by atoms with Crippen molar-refractivity contribution < 1.29 is 20.4 Å². The van der Waals surface area contributed by atoms with Crippen molar-refractivity contribution in [3.05, 3.63) is 23.3 Å². The molecule has 0 radical (unpaired) electrons. The first kappa shape index (κ1) is 15.8. The van der Waals surface area contributed by atoms with Crippen LogP contribution >= 0.6 is 0 Å². The largest absolute Gasteiger partial charge is 0.390 e. The summed E-state index contributed by atoms with van der Waals surface area (Å²) in [4.78, 5) is 0. The average molecular weight is 320 g/mol. The lowest BCUT2D eigenvalue weighted by Crippen LogP contribution is -2.48. The highest BCUT2D eigenvalue weighted by Gasteiger charge is 2.58. The lowest BCUT2D eigenvalue weighted by molar-refractivity contribution is -0.0321. The maximum absolute atomic E-state index is 10.9. The predicted molar refractivity (Wildman–Crippen MR) is 86.5 cm³/mol. The molecule has 0 aliphatic heterocycles. The first-order valence-corrected chi connectivity index (χ1v) is 8.92. The van der Waals surface area contributed by atoms with E-state index in [2.05, 4.69) is 19.9 Å². The summed E-state index contributed by atoms with van der Waals surface area (Å²) in [7, 11) is 0. The Morgan fingerprint density at radius 3 is 2.52 bits per heavy atom. The topological polar surface area (TPSA) is 80.9 Å². The number of allylic oxidation sites excluding steroid dienone is 2. The van der Waals surface area contributed by atoms with E-state index in [0.717, 1.165) is 18.4 Å². The first-order chi connectivity index (χ1) is 10.8. The van der Waals surface area contributed by atoms with Crippen molar-refractivity contribution in [3.8, 4) is 0 Å². The zero-order valence-electron chi connectivity index (χ0n) is 13.9. The lowest BCUT2D eigenvalue weighted by atomic mass is 9.52. The van der Waals surface area contributed by atoms with Crippen molar-refractivity contribution >= 4 is 0 Å². The molecule has 0 saturated heterocycles. The number of aliphatic hydroxyl groups is 4. The van der Waals surface area contributed by atoms with Gasteiger partial charge in [0.25, 0.3) is 0 Å². The fourth-order valence-electron chi connectivity index (χ4n) is 6.00. The van der Waals surface area contributed by atoms with Crippen LogP contribution in [-0.4, -0.2) is 44.8 Å². The zero-order chi connectivity index (χ0) is 16.6. The summed E-state index contributed by atoms with van der Waals surface area (Å²) in [6, 6.07) is 0. The van der Waals surface area contributed by atoms with E-state index < -0.39 is 24.4 Å². The van der Waals surface area contributed by atoms with E-state index in [4.69, 9.17) is 0 Å². The number of hydrogen-bond donors (Lipinski definition) is 4. The summed E-state index contributed by atoms with van der Waals surface area (Å²) in [6.07, 6.45) is 5.32. The predicted octanol–water partition coefficient (Wildman–Crippen LogP) is 1.53. The van der Waals surface area contributed by atoms with Crippen LogP contribution < -0.4 is 0 Å². The molecular formula is C19H28O4. The fraction of sp³-hybridized carbons (Fsp3) is 0.789. The molecule has 1 fully saturated rings. The van der Waals surface area contributed by atoms with Gasteiger partial charge in [-0.3, -0.25) is 0 Å². The molecule has 0 bridgehead atoms. The van der Waals surface area contributed by atoms with Crippen molar-refractivity contribution in [1.29, 1.82) is 0 Å². The van der Waals surface area contributed by atoms with Crippen molar-refractivity contribution in [3.63, 3.8) is 0 Å². The monoisotopic (exact) mass is 320 g/mol. The van der Waals surface area contributed by atoms with E-state index in [1.807, 2.05) is 6.08 Å². The van der Waals surface area contributed by atoms with Crippen molar-refractivity contribution in [2.24, 2.45) is 22.7 Å². The highest BCUT2D eigenvalue weighted by molar-refractivity contribution is 5.41. The van der Waals surface area contributed by atoms with Crippen LogP contribution in [0.25, 0.3) is 0 Å². The molecule has 4 aliphatic carbocycles. The molecule has 0 aromatic heterocycles. The molecule has 23 heavy (non-hydrogen) atoms. The summed E-state index contributed by atoms with van der Waals surface area (Å²) < 4.78 is 0. The van der Waals surface area contributed by atoms with Gasteiger partial charge in [0.05, 0.1) is 24.4 Å². The molecule has 0 aromatic rings. The van der Waals surface area contributed by atoms with Crippen LogP contribution in [0.4, 0.5) is 0 Å². The fourth-order valence-corrected chi connectivity index (χ4v) is 6.00. The average Bonchev–Trinajstić information content (AvgIpc) is 2.73. The maximum atomic E-state index is 10.9. The Kier molecular flexibility index (Phi) is 3.38. The van der Waals surface area contributed by atoms with E-state index in [0.29, 0.717) is 19.3 Å². The third-order valence-electron chi connectivity index (χ3n) is 7.51. The summed E-state index contributed by atoms with van der Waals surface area (Å²) in [5.41, 5.74) is 1.94. The van der Waals surface area contributed by atoms with Crippen LogP contribution in [0.5, 0.6) is 0 Å². The quantitative estimate of drug-likeness (QED) is 0.510. The van der Waals surface area contributed by atoms with Crippen LogP contribution in [0.2, 0.25) is 0 Å². The Labute approximate surface area is 137 Å². The minimum atomic E-state index is -0.706. The van der Waals surface area contributed by atoms with Crippen LogP contribution in [0.1, 0.15) is 46.0 Å². The molecule has 4 nitrogen and oxygen atoms in total. The molecule has 8 atom stereocenters.